The zero-order chi connectivity index (χ0) is 15.5. The molecule has 2 nitrogen and oxygen atoms in total. The van der Waals surface area contributed by atoms with Crippen LogP contribution in [0.25, 0.3) is 0 Å². The van der Waals surface area contributed by atoms with Gasteiger partial charge in [-0.05, 0) is 44.0 Å². The summed E-state index contributed by atoms with van der Waals surface area (Å²) in [4.78, 5) is 5.81. The predicted octanol–water partition coefficient (Wildman–Crippen LogP) is 4.35. The van der Waals surface area contributed by atoms with Gasteiger partial charge in [-0.3, -0.25) is 0 Å². The van der Waals surface area contributed by atoms with Crippen molar-refractivity contribution in [3.05, 3.63) is 51.7 Å². The molecule has 2 aromatic rings. The summed E-state index contributed by atoms with van der Waals surface area (Å²) >= 11 is 1.72. The first-order valence-electron chi connectivity index (χ1n) is 7.31. The number of rotatable bonds is 6. The van der Waals surface area contributed by atoms with Crippen molar-refractivity contribution in [2.45, 2.75) is 39.7 Å². The summed E-state index contributed by atoms with van der Waals surface area (Å²) in [6.45, 7) is 10.5. The highest BCUT2D eigenvalue weighted by Crippen LogP contribution is 2.34. The SMILES string of the molecule is CC(C)CNCc1cnc(C(C)(C)c2ccc(F)cc2)s1. The Morgan fingerprint density at radius 3 is 2.52 bits per heavy atom. The molecule has 0 amide bonds. The highest BCUT2D eigenvalue weighted by atomic mass is 32.1. The maximum Gasteiger partial charge on any atom is 0.123 e. The fraction of sp³-hybridized carbons (Fsp3) is 0.471. The zero-order valence-corrected chi connectivity index (χ0v) is 13.9. The lowest BCUT2D eigenvalue weighted by atomic mass is 9.85. The summed E-state index contributed by atoms with van der Waals surface area (Å²) in [5.41, 5.74) is 0.884. The lowest BCUT2D eigenvalue weighted by Crippen LogP contribution is -2.19. The smallest absolute Gasteiger partial charge is 0.123 e. The van der Waals surface area contributed by atoms with Gasteiger partial charge < -0.3 is 5.32 Å². The van der Waals surface area contributed by atoms with Crippen LogP contribution in [-0.2, 0) is 12.0 Å². The van der Waals surface area contributed by atoms with Crippen molar-refractivity contribution >= 4 is 11.3 Å². The molecule has 1 aromatic carbocycles. The lowest BCUT2D eigenvalue weighted by molar-refractivity contribution is 0.554. The van der Waals surface area contributed by atoms with Gasteiger partial charge in [-0.15, -0.1) is 11.3 Å². The minimum atomic E-state index is -0.202. The van der Waals surface area contributed by atoms with Crippen LogP contribution in [0.1, 0.15) is 43.1 Å². The van der Waals surface area contributed by atoms with Crippen LogP contribution in [0.4, 0.5) is 4.39 Å². The van der Waals surface area contributed by atoms with E-state index in [1.807, 2.05) is 18.3 Å². The van der Waals surface area contributed by atoms with Crippen LogP contribution in [0.2, 0.25) is 0 Å². The van der Waals surface area contributed by atoms with Crippen molar-refractivity contribution < 1.29 is 4.39 Å². The quantitative estimate of drug-likeness (QED) is 0.858. The lowest BCUT2D eigenvalue weighted by Gasteiger charge is -2.22. The normalized spacial score (nSPS) is 12.1. The Labute approximate surface area is 130 Å². The summed E-state index contributed by atoms with van der Waals surface area (Å²) in [5, 5.41) is 4.50. The monoisotopic (exact) mass is 306 g/mol. The van der Waals surface area contributed by atoms with Crippen LogP contribution in [0.5, 0.6) is 0 Å². The van der Waals surface area contributed by atoms with E-state index < -0.39 is 0 Å². The average molecular weight is 306 g/mol. The van der Waals surface area contributed by atoms with Crippen LogP contribution in [0, 0.1) is 11.7 Å². The highest BCUT2D eigenvalue weighted by molar-refractivity contribution is 7.11. The standard InChI is InChI=1S/C17H23FN2S/c1-12(2)9-19-10-15-11-20-16(21-15)17(3,4)13-5-7-14(18)8-6-13/h5-8,11-12,19H,9-10H2,1-4H3. The molecule has 1 N–H and O–H groups in total. The van der Waals surface area contributed by atoms with Gasteiger partial charge in [0.05, 0.1) is 0 Å². The number of hydrogen-bond acceptors (Lipinski definition) is 3. The molecule has 4 heteroatoms. The molecule has 0 spiro atoms. The summed E-state index contributed by atoms with van der Waals surface area (Å²) in [5.74, 6) is 0.445. The molecular weight excluding hydrogens is 283 g/mol. The third-order valence-electron chi connectivity index (χ3n) is 3.51. The van der Waals surface area contributed by atoms with E-state index in [0.29, 0.717) is 5.92 Å². The van der Waals surface area contributed by atoms with Crippen LogP contribution in [0.3, 0.4) is 0 Å². The molecule has 21 heavy (non-hydrogen) atoms. The Hall–Kier alpha value is -1.26. The van der Waals surface area contributed by atoms with E-state index in [-0.39, 0.29) is 11.2 Å². The van der Waals surface area contributed by atoms with Crippen molar-refractivity contribution in [1.29, 1.82) is 0 Å². The molecule has 1 heterocycles. The number of aromatic nitrogens is 1. The first-order valence-corrected chi connectivity index (χ1v) is 8.13. The maximum absolute atomic E-state index is 13.1. The average Bonchev–Trinajstić information content (AvgIpc) is 2.88. The molecule has 2 rings (SSSR count). The van der Waals surface area contributed by atoms with Crippen molar-refractivity contribution in [1.82, 2.24) is 10.3 Å². The van der Waals surface area contributed by atoms with E-state index in [0.717, 1.165) is 23.7 Å². The van der Waals surface area contributed by atoms with Crippen LogP contribution in [0.15, 0.2) is 30.5 Å². The van der Waals surface area contributed by atoms with Gasteiger partial charge in [0.15, 0.2) is 0 Å². The summed E-state index contributed by atoms with van der Waals surface area (Å²) < 4.78 is 13.1. The molecule has 0 radical (unpaired) electrons. The van der Waals surface area contributed by atoms with Gasteiger partial charge in [-0.2, -0.15) is 0 Å². The molecule has 0 atom stereocenters. The zero-order valence-electron chi connectivity index (χ0n) is 13.1. The molecule has 114 valence electrons. The fourth-order valence-corrected chi connectivity index (χ4v) is 3.16. The van der Waals surface area contributed by atoms with E-state index in [9.17, 15) is 4.39 Å². The molecule has 0 saturated heterocycles. The van der Waals surface area contributed by atoms with Crippen molar-refractivity contribution in [3.8, 4) is 0 Å². The second-order valence-corrected chi connectivity index (χ2v) is 7.40. The first kappa shape index (κ1) is 16.1. The second kappa shape index (κ2) is 6.67. The molecule has 0 aliphatic carbocycles. The van der Waals surface area contributed by atoms with E-state index in [1.165, 1.54) is 17.0 Å². The maximum atomic E-state index is 13.1. The van der Waals surface area contributed by atoms with Crippen LogP contribution in [-0.4, -0.2) is 11.5 Å². The van der Waals surface area contributed by atoms with Gasteiger partial charge in [0.25, 0.3) is 0 Å². The molecule has 0 unspecified atom stereocenters. The van der Waals surface area contributed by atoms with E-state index in [4.69, 9.17) is 0 Å². The van der Waals surface area contributed by atoms with Crippen molar-refractivity contribution in [2.24, 2.45) is 5.92 Å². The number of benzene rings is 1. The Bertz CT molecular complexity index is 573. The van der Waals surface area contributed by atoms with Gasteiger partial charge in [-0.25, -0.2) is 9.37 Å². The molecule has 0 aliphatic rings. The number of nitrogens with one attached hydrogen (secondary N) is 1. The van der Waals surface area contributed by atoms with Crippen molar-refractivity contribution in [3.63, 3.8) is 0 Å². The van der Waals surface area contributed by atoms with Gasteiger partial charge >= 0.3 is 0 Å². The molecule has 1 aromatic heterocycles. The summed E-state index contributed by atoms with van der Waals surface area (Å²) in [6.07, 6.45) is 1.94. The molecule has 0 bridgehead atoms. The van der Waals surface area contributed by atoms with E-state index in [2.05, 4.69) is 38.0 Å². The van der Waals surface area contributed by atoms with Gasteiger partial charge in [0.1, 0.15) is 10.8 Å². The molecule has 0 aliphatic heterocycles. The van der Waals surface area contributed by atoms with Crippen LogP contribution < -0.4 is 5.32 Å². The Kier molecular flexibility index (Phi) is 5.12. The topological polar surface area (TPSA) is 24.9 Å². The summed E-state index contributed by atoms with van der Waals surface area (Å²) in [6, 6.07) is 6.70. The third-order valence-corrected chi connectivity index (χ3v) is 4.83. The van der Waals surface area contributed by atoms with Gasteiger partial charge in [-0.1, -0.05) is 26.0 Å². The third kappa shape index (κ3) is 4.11. The number of hydrogen-bond donors (Lipinski definition) is 1. The van der Waals surface area contributed by atoms with Crippen molar-refractivity contribution in [2.75, 3.05) is 6.54 Å². The number of thiazole rings is 1. The number of nitrogens with zero attached hydrogens (tertiary/aromatic N) is 1. The minimum absolute atomic E-state index is 0.200. The van der Waals surface area contributed by atoms with E-state index in [1.54, 1.807) is 11.3 Å². The van der Waals surface area contributed by atoms with Gasteiger partial charge in [0.2, 0.25) is 0 Å². The van der Waals surface area contributed by atoms with Gasteiger partial charge in [0, 0.05) is 23.0 Å². The molecular formula is C17H23FN2S. The Morgan fingerprint density at radius 1 is 1.24 bits per heavy atom. The molecule has 0 fully saturated rings. The predicted molar refractivity (Wildman–Crippen MR) is 87.2 cm³/mol. The highest BCUT2D eigenvalue weighted by Gasteiger charge is 2.26. The minimum Gasteiger partial charge on any atom is -0.312 e. The largest absolute Gasteiger partial charge is 0.312 e. The van der Waals surface area contributed by atoms with Crippen LogP contribution >= 0.6 is 11.3 Å². The first-order chi connectivity index (χ1) is 9.89. The van der Waals surface area contributed by atoms with E-state index >= 15 is 0 Å². The second-order valence-electron chi connectivity index (χ2n) is 6.29. The Morgan fingerprint density at radius 2 is 1.90 bits per heavy atom. The Balaban J connectivity index is 2.10. The molecule has 0 saturated carbocycles. The fourth-order valence-electron chi connectivity index (χ4n) is 2.15. The summed E-state index contributed by atoms with van der Waals surface area (Å²) in [7, 11) is 0. The number of halogens is 1.